The van der Waals surface area contributed by atoms with Crippen LogP contribution in [-0.4, -0.2) is 15.7 Å². The number of imidazole rings is 1. The molecule has 0 spiro atoms. The lowest BCUT2D eigenvalue weighted by molar-refractivity contribution is -0.179. The van der Waals surface area contributed by atoms with E-state index in [9.17, 15) is 17.6 Å². The maximum absolute atomic E-state index is 13.6. The van der Waals surface area contributed by atoms with Gasteiger partial charge in [0.15, 0.2) is 0 Å². The Morgan fingerprint density at radius 2 is 1.95 bits per heavy atom. The molecular formula is C14H13ClF4N2. The largest absolute Gasteiger partial charge is 0.412 e. The van der Waals surface area contributed by atoms with Gasteiger partial charge >= 0.3 is 6.18 Å². The van der Waals surface area contributed by atoms with E-state index in [1.54, 1.807) is 6.92 Å². The number of rotatable bonds is 2. The van der Waals surface area contributed by atoms with Crippen LogP contribution in [0, 0.1) is 12.7 Å². The normalized spacial score (nSPS) is 19.0. The third kappa shape index (κ3) is 2.03. The van der Waals surface area contributed by atoms with E-state index in [-0.39, 0.29) is 35.3 Å². The molecular weight excluding hydrogens is 308 g/mol. The average Bonchev–Trinajstić information content (AvgIpc) is 3.08. The van der Waals surface area contributed by atoms with E-state index in [1.165, 1.54) is 13.0 Å². The Morgan fingerprint density at radius 1 is 1.33 bits per heavy atom. The molecule has 2 aromatic rings. The van der Waals surface area contributed by atoms with Crippen LogP contribution in [0.15, 0.2) is 12.1 Å². The number of alkyl halides is 4. The number of nitrogens with zero attached hydrogens (tertiary/aromatic N) is 2. The fourth-order valence-corrected chi connectivity index (χ4v) is 2.84. The second kappa shape index (κ2) is 4.35. The average molecular weight is 321 g/mol. The van der Waals surface area contributed by atoms with Crippen LogP contribution in [-0.2, 0) is 5.54 Å². The Kier molecular flexibility index (Phi) is 3.03. The van der Waals surface area contributed by atoms with Crippen molar-refractivity contribution in [3.05, 3.63) is 29.3 Å². The topological polar surface area (TPSA) is 17.8 Å². The predicted molar refractivity (Wildman–Crippen MR) is 72.0 cm³/mol. The molecule has 7 heteroatoms. The van der Waals surface area contributed by atoms with Crippen LogP contribution in [0.1, 0.15) is 36.5 Å². The van der Waals surface area contributed by atoms with Gasteiger partial charge in [-0.2, -0.15) is 13.2 Å². The van der Waals surface area contributed by atoms with E-state index in [1.807, 2.05) is 0 Å². The Bertz CT molecular complexity index is 714. The van der Waals surface area contributed by atoms with Crippen molar-refractivity contribution in [3.8, 4) is 0 Å². The van der Waals surface area contributed by atoms with Gasteiger partial charge in [0, 0.05) is 6.07 Å². The molecule has 0 aliphatic heterocycles. The van der Waals surface area contributed by atoms with Crippen LogP contribution in [0.25, 0.3) is 11.0 Å². The van der Waals surface area contributed by atoms with Gasteiger partial charge in [-0.25, -0.2) is 9.37 Å². The van der Waals surface area contributed by atoms with Crippen molar-refractivity contribution in [2.45, 2.75) is 43.8 Å². The SMILES string of the molecule is Cc1cc2c(cc1F)nc(C(C)Cl)n2C1(C(F)(F)F)CC1. The first-order chi connectivity index (χ1) is 9.67. The minimum Gasteiger partial charge on any atom is -0.311 e. The molecule has 1 unspecified atom stereocenters. The zero-order valence-corrected chi connectivity index (χ0v) is 12.2. The molecule has 1 fully saturated rings. The fraction of sp³-hybridized carbons (Fsp3) is 0.500. The number of hydrogen-bond acceptors (Lipinski definition) is 1. The minimum absolute atomic E-state index is 0.00497. The molecule has 2 nitrogen and oxygen atoms in total. The maximum atomic E-state index is 13.6. The van der Waals surface area contributed by atoms with Crippen LogP contribution < -0.4 is 0 Å². The summed E-state index contributed by atoms with van der Waals surface area (Å²) in [5.41, 5.74) is -1.18. The molecule has 0 radical (unpaired) electrons. The van der Waals surface area contributed by atoms with Crippen molar-refractivity contribution in [1.29, 1.82) is 0 Å². The van der Waals surface area contributed by atoms with Gasteiger partial charge in [-0.1, -0.05) is 0 Å². The van der Waals surface area contributed by atoms with Crippen molar-refractivity contribution in [2.24, 2.45) is 0 Å². The molecule has 1 aliphatic rings. The van der Waals surface area contributed by atoms with Gasteiger partial charge in [0.25, 0.3) is 0 Å². The first kappa shape index (κ1) is 14.6. The van der Waals surface area contributed by atoms with Gasteiger partial charge in [-0.3, -0.25) is 0 Å². The molecule has 1 saturated carbocycles. The van der Waals surface area contributed by atoms with Gasteiger partial charge in [-0.15, -0.1) is 11.6 Å². The smallest absolute Gasteiger partial charge is 0.311 e. The quantitative estimate of drug-likeness (QED) is 0.572. The first-order valence-corrected chi connectivity index (χ1v) is 7.01. The molecule has 21 heavy (non-hydrogen) atoms. The molecule has 1 heterocycles. The lowest BCUT2D eigenvalue weighted by atomic mass is 10.1. The second-order valence-electron chi connectivity index (χ2n) is 5.54. The molecule has 3 rings (SSSR count). The fourth-order valence-electron chi connectivity index (χ4n) is 2.69. The summed E-state index contributed by atoms with van der Waals surface area (Å²) < 4.78 is 55.1. The number of halogens is 5. The van der Waals surface area contributed by atoms with E-state index >= 15 is 0 Å². The zero-order chi connectivity index (χ0) is 15.6. The summed E-state index contributed by atoms with van der Waals surface area (Å²) in [4.78, 5) is 4.12. The molecule has 0 amide bonds. The van der Waals surface area contributed by atoms with Crippen LogP contribution >= 0.6 is 11.6 Å². The van der Waals surface area contributed by atoms with Gasteiger partial charge in [0.2, 0.25) is 0 Å². The van der Waals surface area contributed by atoms with Crippen molar-refractivity contribution in [3.63, 3.8) is 0 Å². The third-order valence-electron chi connectivity index (χ3n) is 4.00. The van der Waals surface area contributed by atoms with Crippen molar-refractivity contribution < 1.29 is 17.6 Å². The maximum Gasteiger partial charge on any atom is 0.412 e. The highest BCUT2D eigenvalue weighted by Gasteiger charge is 2.66. The summed E-state index contributed by atoms with van der Waals surface area (Å²) >= 11 is 6.00. The van der Waals surface area contributed by atoms with Crippen LogP contribution in [0.5, 0.6) is 0 Å². The van der Waals surface area contributed by atoms with Crippen molar-refractivity contribution >= 4 is 22.6 Å². The van der Waals surface area contributed by atoms with Crippen LogP contribution in [0.4, 0.5) is 17.6 Å². The summed E-state index contributed by atoms with van der Waals surface area (Å²) in [6.45, 7) is 3.08. The van der Waals surface area contributed by atoms with Gasteiger partial charge in [0.05, 0.1) is 16.4 Å². The molecule has 0 bridgehead atoms. The van der Waals surface area contributed by atoms with Gasteiger partial charge < -0.3 is 4.57 Å². The number of aryl methyl sites for hydroxylation is 1. The Hall–Kier alpha value is -1.30. The van der Waals surface area contributed by atoms with Crippen molar-refractivity contribution in [1.82, 2.24) is 9.55 Å². The monoisotopic (exact) mass is 320 g/mol. The zero-order valence-electron chi connectivity index (χ0n) is 11.4. The minimum atomic E-state index is -4.39. The van der Waals surface area contributed by atoms with E-state index in [2.05, 4.69) is 4.98 Å². The highest BCUT2D eigenvalue weighted by atomic mass is 35.5. The number of hydrogen-bond donors (Lipinski definition) is 0. The summed E-state index contributed by atoms with van der Waals surface area (Å²) in [7, 11) is 0. The number of benzene rings is 1. The number of fused-ring (bicyclic) bond motifs is 1. The third-order valence-corrected chi connectivity index (χ3v) is 4.19. The Labute approximate surface area is 123 Å². The first-order valence-electron chi connectivity index (χ1n) is 6.57. The predicted octanol–water partition coefficient (Wildman–Crippen LogP) is 4.84. The van der Waals surface area contributed by atoms with E-state index in [0.29, 0.717) is 0 Å². The van der Waals surface area contributed by atoms with E-state index in [0.717, 1.165) is 10.6 Å². The highest BCUT2D eigenvalue weighted by Crippen LogP contribution is 2.57. The Balaban J connectivity index is 2.35. The lowest BCUT2D eigenvalue weighted by Gasteiger charge is -2.24. The summed E-state index contributed by atoms with van der Waals surface area (Å²) in [6, 6.07) is 2.57. The molecule has 0 saturated heterocycles. The molecule has 1 aliphatic carbocycles. The number of aromatic nitrogens is 2. The molecule has 1 aromatic carbocycles. The Morgan fingerprint density at radius 3 is 2.43 bits per heavy atom. The van der Waals surface area contributed by atoms with Crippen LogP contribution in [0.2, 0.25) is 0 Å². The van der Waals surface area contributed by atoms with Crippen molar-refractivity contribution in [2.75, 3.05) is 0 Å². The summed E-state index contributed by atoms with van der Waals surface area (Å²) in [5.74, 6) is -0.357. The highest BCUT2D eigenvalue weighted by molar-refractivity contribution is 6.20. The van der Waals surface area contributed by atoms with Crippen LogP contribution in [0.3, 0.4) is 0 Å². The van der Waals surface area contributed by atoms with E-state index in [4.69, 9.17) is 11.6 Å². The summed E-state index contributed by atoms with van der Waals surface area (Å²) in [6.07, 6.45) is -4.40. The summed E-state index contributed by atoms with van der Waals surface area (Å²) in [5, 5.41) is -0.694. The molecule has 1 atom stereocenters. The van der Waals surface area contributed by atoms with Gasteiger partial charge in [-0.05, 0) is 38.3 Å². The molecule has 114 valence electrons. The molecule has 0 N–H and O–H groups in total. The standard InChI is InChI=1S/C14H13ClF4N2/c1-7-5-11-10(6-9(7)16)20-12(8(2)15)21(11)13(3-4-13)14(17,18)19/h5-6,8H,3-4H2,1-2H3. The van der Waals surface area contributed by atoms with E-state index < -0.39 is 22.9 Å². The van der Waals surface area contributed by atoms with Gasteiger partial charge in [0.1, 0.15) is 17.2 Å². The second-order valence-corrected chi connectivity index (χ2v) is 6.20. The lowest BCUT2D eigenvalue weighted by Crippen LogP contribution is -2.36. The molecule has 1 aromatic heterocycles.